The highest BCUT2D eigenvalue weighted by Crippen LogP contribution is 2.43. The van der Waals surface area contributed by atoms with E-state index in [4.69, 9.17) is 0 Å². The minimum atomic E-state index is 0.254. The van der Waals surface area contributed by atoms with Crippen LogP contribution in [-0.2, 0) is 0 Å². The number of anilines is 2. The molecule has 2 saturated heterocycles. The number of nitrogens with zero attached hydrogens (tertiary/aromatic N) is 2. The van der Waals surface area contributed by atoms with Crippen LogP contribution in [0.2, 0.25) is 0 Å². The topological polar surface area (TPSA) is 18.5 Å². The van der Waals surface area contributed by atoms with Crippen molar-refractivity contribution in [1.82, 2.24) is 4.90 Å². The molecule has 0 spiro atoms. The summed E-state index contributed by atoms with van der Waals surface area (Å²) in [4.78, 5) is 7.96. The van der Waals surface area contributed by atoms with E-state index in [2.05, 4.69) is 65.4 Å². The SMILES string of the molecule is CCC1CCN(C2=CC(c3ccc(N4CCCC4)cc3)Nc3cc(C)sc32)C1. The van der Waals surface area contributed by atoms with Crippen molar-refractivity contribution in [3.05, 3.63) is 51.7 Å². The number of likely N-dealkylation sites (tertiary alicyclic amines) is 1. The monoisotopic (exact) mass is 393 g/mol. The van der Waals surface area contributed by atoms with Gasteiger partial charge in [0.05, 0.1) is 22.3 Å². The van der Waals surface area contributed by atoms with Crippen LogP contribution < -0.4 is 10.2 Å². The Hall–Kier alpha value is -1.94. The highest BCUT2D eigenvalue weighted by Gasteiger charge is 2.30. The van der Waals surface area contributed by atoms with Crippen LogP contribution in [0.5, 0.6) is 0 Å². The van der Waals surface area contributed by atoms with Crippen LogP contribution in [0.3, 0.4) is 0 Å². The summed E-state index contributed by atoms with van der Waals surface area (Å²) in [7, 11) is 0. The van der Waals surface area contributed by atoms with Crippen molar-refractivity contribution in [2.24, 2.45) is 5.92 Å². The Morgan fingerprint density at radius 1 is 1.07 bits per heavy atom. The van der Waals surface area contributed by atoms with Crippen molar-refractivity contribution < 1.29 is 0 Å². The quantitative estimate of drug-likeness (QED) is 0.698. The zero-order valence-corrected chi connectivity index (χ0v) is 17.9. The predicted octanol–water partition coefficient (Wildman–Crippen LogP) is 5.90. The number of fused-ring (bicyclic) bond motifs is 1. The van der Waals surface area contributed by atoms with Gasteiger partial charge in [-0.15, -0.1) is 11.3 Å². The second-order valence-electron chi connectivity index (χ2n) is 8.57. The normalized spacial score (nSPS) is 24.3. The van der Waals surface area contributed by atoms with E-state index in [-0.39, 0.29) is 6.04 Å². The molecule has 0 bridgehead atoms. The molecule has 1 N–H and O–H groups in total. The van der Waals surface area contributed by atoms with Crippen molar-refractivity contribution in [1.29, 1.82) is 0 Å². The van der Waals surface area contributed by atoms with Crippen LogP contribution in [0.4, 0.5) is 11.4 Å². The third kappa shape index (κ3) is 3.32. The maximum absolute atomic E-state index is 3.80. The third-order valence-electron chi connectivity index (χ3n) is 6.65. The summed E-state index contributed by atoms with van der Waals surface area (Å²) in [6.45, 7) is 9.37. The molecule has 5 rings (SSSR count). The zero-order valence-electron chi connectivity index (χ0n) is 17.1. The highest BCUT2D eigenvalue weighted by atomic mass is 32.1. The number of benzene rings is 1. The summed E-state index contributed by atoms with van der Waals surface area (Å²) in [5.74, 6) is 0.846. The van der Waals surface area contributed by atoms with Gasteiger partial charge in [0.2, 0.25) is 0 Å². The van der Waals surface area contributed by atoms with E-state index in [0.717, 1.165) is 5.92 Å². The van der Waals surface area contributed by atoms with Crippen LogP contribution in [0.25, 0.3) is 5.70 Å². The fourth-order valence-electron chi connectivity index (χ4n) is 4.94. The van der Waals surface area contributed by atoms with Gasteiger partial charge in [-0.3, -0.25) is 0 Å². The summed E-state index contributed by atoms with van der Waals surface area (Å²) in [6.07, 6.45) is 7.75. The van der Waals surface area contributed by atoms with E-state index in [1.807, 2.05) is 11.3 Å². The van der Waals surface area contributed by atoms with Gasteiger partial charge in [0, 0.05) is 36.7 Å². The molecule has 3 aliphatic rings. The molecule has 4 heterocycles. The van der Waals surface area contributed by atoms with E-state index >= 15 is 0 Å². The molecule has 0 amide bonds. The van der Waals surface area contributed by atoms with Gasteiger partial charge in [0.25, 0.3) is 0 Å². The second-order valence-corrected chi connectivity index (χ2v) is 9.82. The molecule has 2 unspecified atom stereocenters. The van der Waals surface area contributed by atoms with Gasteiger partial charge in [-0.05, 0) is 61.9 Å². The Balaban J connectivity index is 1.44. The summed E-state index contributed by atoms with van der Waals surface area (Å²) >= 11 is 1.93. The smallest absolute Gasteiger partial charge is 0.0736 e. The van der Waals surface area contributed by atoms with E-state index < -0.39 is 0 Å². The van der Waals surface area contributed by atoms with E-state index in [9.17, 15) is 0 Å². The predicted molar refractivity (Wildman–Crippen MR) is 121 cm³/mol. The standard InChI is InChI=1S/C24H31N3S/c1-3-18-10-13-27(16-18)23-15-21(25-22-14-17(2)28-24(22)23)19-6-8-20(9-7-19)26-11-4-5-12-26/h6-9,14-15,18,21,25H,3-5,10-13,16H2,1-2H3. The van der Waals surface area contributed by atoms with Gasteiger partial charge in [-0.2, -0.15) is 0 Å². The van der Waals surface area contributed by atoms with Crippen molar-refractivity contribution in [2.45, 2.75) is 45.6 Å². The summed E-state index contributed by atoms with van der Waals surface area (Å²) in [5.41, 5.74) is 5.50. The van der Waals surface area contributed by atoms with Gasteiger partial charge in [-0.1, -0.05) is 25.5 Å². The van der Waals surface area contributed by atoms with Gasteiger partial charge in [-0.25, -0.2) is 0 Å². The molecule has 2 aromatic rings. The van der Waals surface area contributed by atoms with E-state index in [0.29, 0.717) is 0 Å². The van der Waals surface area contributed by atoms with Crippen LogP contribution in [-0.4, -0.2) is 31.1 Å². The van der Waals surface area contributed by atoms with Crippen LogP contribution in [0.15, 0.2) is 36.4 Å². The number of thiophene rings is 1. The lowest BCUT2D eigenvalue weighted by Gasteiger charge is -2.30. The molecular formula is C24H31N3S. The van der Waals surface area contributed by atoms with Crippen molar-refractivity contribution >= 4 is 28.4 Å². The van der Waals surface area contributed by atoms with Crippen molar-refractivity contribution in [3.8, 4) is 0 Å². The minimum Gasteiger partial charge on any atom is -0.373 e. The molecule has 4 heteroatoms. The second kappa shape index (κ2) is 7.47. The average Bonchev–Trinajstić information content (AvgIpc) is 3.47. The molecule has 1 aromatic heterocycles. The zero-order chi connectivity index (χ0) is 19.1. The first kappa shape index (κ1) is 18.1. The summed E-state index contributed by atoms with van der Waals surface area (Å²) < 4.78 is 0. The third-order valence-corrected chi connectivity index (χ3v) is 7.72. The van der Waals surface area contributed by atoms with Gasteiger partial charge >= 0.3 is 0 Å². The van der Waals surface area contributed by atoms with Gasteiger partial charge in [0.15, 0.2) is 0 Å². The summed E-state index contributed by atoms with van der Waals surface area (Å²) in [5, 5.41) is 3.80. The van der Waals surface area contributed by atoms with Gasteiger partial charge < -0.3 is 15.1 Å². The molecule has 0 radical (unpaired) electrons. The Kier molecular flexibility index (Phi) is 4.83. The maximum atomic E-state index is 3.80. The van der Waals surface area contributed by atoms with E-state index in [1.54, 1.807) is 0 Å². The largest absolute Gasteiger partial charge is 0.373 e. The molecular weight excluding hydrogens is 362 g/mol. The number of aryl methyl sites for hydroxylation is 1. The molecule has 0 aliphatic carbocycles. The first-order chi connectivity index (χ1) is 13.7. The van der Waals surface area contributed by atoms with Crippen molar-refractivity contribution in [3.63, 3.8) is 0 Å². The summed E-state index contributed by atoms with van der Waals surface area (Å²) in [6, 6.07) is 11.8. The molecule has 148 valence electrons. The van der Waals surface area contributed by atoms with Crippen molar-refractivity contribution in [2.75, 3.05) is 36.4 Å². The molecule has 3 aliphatic heterocycles. The maximum Gasteiger partial charge on any atom is 0.0736 e. The lowest BCUT2D eigenvalue weighted by molar-refractivity contribution is 0.452. The molecule has 2 atom stereocenters. The van der Waals surface area contributed by atoms with Crippen LogP contribution >= 0.6 is 11.3 Å². The Morgan fingerprint density at radius 3 is 2.57 bits per heavy atom. The molecule has 1 aromatic carbocycles. The number of nitrogens with one attached hydrogen (secondary N) is 1. The number of hydrogen-bond donors (Lipinski definition) is 1. The molecule has 0 saturated carbocycles. The molecule has 3 nitrogen and oxygen atoms in total. The first-order valence-electron chi connectivity index (χ1n) is 10.9. The molecule has 28 heavy (non-hydrogen) atoms. The van der Waals surface area contributed by atoms with Crippen LogP contribution in [0, 0.1) is 12.8 Å². The number of rotatable bonds is 4. The van der Waals surface area contributed by atoms with Crippen LogP contribution in [0.1, 0.15) is 54.0 Å². The minimum absolute atomic E-state index is 0.254. The van der Waals surface area contributed by atoms with E-state index in [1.165, 1.54) is 84.3 Å². The Bertz CT molecular complexity index is 860. The first-order valence-corrected chi connectivity index (χ1v) is 11.7. The fraction of sp³-hybridized carbons (Fsp3) is 0.500. The lowest BCUT2D eigenvalue weighted by atomic mass is 10.0. The van der Waals surface area contributed by atoms with Gasteiger partial charge in [0.1, 0.15) is 0 Å². The average molecular weight is 394 g/mol. The Morgan fingerprint density at radius 2 is 1.86 bits per heavy atom. The lowest BCUT2D eigenvalue weighted by Crippen LogP contribution is -2.24. The fourth-order valence-corrected chi connectivity index (χ4v) is 5.96. The number of hydrogen-bond acceptors (Lipinski definition) is 4. The molecule has 2 fully saturated rings. The Labute approximate surface area is 173 Å². The highest BCUT2D eigenvalue weighted by molar-refractivity contribution is 7.13.